The normalized spacial score (nSPS) is 29.8. The van der Waals surface area contributed by atoms with Crippen molar-refractivity contribution >= 4 is 11.3 Å². The Morgan fingerprint density at radius 3 is 2.44 bits per heavy atom. The highest BCUT2D eigenvalue weighted by Gasteiger charge is 2.47. The maximum Gasteiger partial charge on any atom is 0.131 e. The summed E-state index contributed by atoms with van der Waals surface area (Å²) >= 11 is 1.63. The first kappa shape index (κ1) is 12.0. The highest BCUT2D eigenvalue weighted by molar-refractivity contribution is 7.11. The highest BCUT2D eigenvalue weighted by atomic mass is 32.1. The molecule has 1 fully saturated rings. The van der Waals surface area contributed by atoms with E-state index >= 15 is 0 Å². The van der Waals surface area contributed by atoms with Crippen molar-refractivity contribution in [1.82, 2.24) is 15.1 Å². The first-order chi connectivity index (χ1) is 7.30. The third-order valence-corrected chi connectivity index (χ3v) is 4.36. The van der Waals surface area contributed by atoms with Crippen LogP contribution in [0.1, 0.15) is 30.8 Å². The Morgan fingerprint density at radius 2 is 2.00 bits per heavy atom. The average molecular weight is 241 g/mol. The topological polar surface area (TPSA) is 49.2 Å². The Hall–Kier alpha value is -0.520. The second kappa shape index (κ2) is 3.75. The monoisotopic (exact) mass is 241 g/mol. The van der Waals surface area contributed by atoms with Crippen LogP contribution < -0.4 is 0 Å². The summed E-state index contributed by atoms with van der Waals surface area (Å²) in [7, 11) is 0. The zero-order valence-corrected chi connectivity index (χ0v) is 11.1. The summed E-state index contributed by atoms with van der Waals surface area (Å²) < 4.78 is 0. The summed E-state index contributed by atoms with van der Waals surface area (Å²) in [4.78, 5) is 2.25. The molecule has 2 heterocycles. The van der Waals surface area contributed by atoms with Crippen molar-refractivity contribution < 1.29 is 5.11 Å². The predicted molar refractivity (Wildman–Crippen MR) is 64.3 cm³/mol. The van der Waals surface area contributed by atoms with E-state index in [1.54, 1.807) is 11.3 Å². The largest absolute Gasteiger partial charge is 0.388 e. The van der Waals surface area contributed by atoms with Crippen molar-refractivity contribution in [3.8, 4) is 0 Å². The molecule has 2 rings (SSSR count). The number of hydrogen-bond acceptors (Lipinski definition) is 5. The van der Waals surface area contributed by atoms with E-state index < -0.39 is 5.60 Å². The summed E-state index contributed by atoms with van der Waals surface area (Å²) in [5.74, 6) is 0. The summed E-state index contributed by atoms with van der Waals surface area (Å²) in [6.45, 7) is 10.5. The molecule has 1 aliphatic rings. The summed E-state index contributed by atoms with van der Waals surface area (Å²) in [5, 5.41) is 20.5. The molecule has 0 amide bonds. The lowest BCUT2D eigenvalue weighted by molar-refractivity contribution is -0.0111. The van der Waals surface area contributed by atoms with Crippen LogP contribution in [0.15, 0.2) is 0 Å². The predicted octanol–water partition coefficient (Wildman–Crippen LogP) is 1.44. The van der Waals surface area contributed by atoms with Crippen LogP contribution in [0, 0.1) is 12.3 Å². The molecule has 0 unspecified atom stereocenters. The minimum atomic E-state index is -0.618. The van der Waals surface area contributed by atoms with Crippen LogP contribution in [0.5, 0.6) is 0 Å². The summed E-state index contributed by atoms with van der Waals surface area (Å²) in [6.07, 6.45) is 0. The van der Waals surface area contributed by atoms with Crippen molar-refractivity contribution in [2.24, 2.45) is 5.41 Å². The molecule has 1 aromatic heterocycles. The fourth-order valence-electron chi connectivity index (χ4n) is 2.14. The van der Waals surface area contributed by atoms with Crippen LogP contribution in [-0.4, -0.2) is 38.9 Å². The van der Waals surface area contributed by atoms with Gasteiger partial charge in [0, 0.05) is 18.5 Å². The van der Waals surface area contributed by atoms with Gasteiger partial charge in [-0.2, -0.15) is 0 Å². The lowest BCUT2D eigenvalue weighted by Gasteiger charge is -2.31. The van der Waals surface area contributed by atoms with Crippen LogP contribution in [0.2, 0.25) is 0 Å². The molecule has 1 atom stereocenters. The Balaban J connectivity index is 2.04. The first-order valence-electron chi connectivity index (χ1n) is 5.54. The van der Waals surface area contributed by atoms with Gasteiger partial charge in [0.1, 0.15) is 10.0 Å². The molecule has 16 heavy (non-hydrogen) atoms. The van der Waals surface area contributed by atoms with E-state index in [-0.39, 0.29) is 5.41 Å². The van der Waals surface area contributed by atoms with Crippen molar-refractivity contribution in [1.29, 1.82) is 0 Å². The average Bonchev–Trinajstić information content (AvgIpc) is 2.56. The second-order valence-electron chi connectivity index (χ2n) is 5.52. The lowest BCUT2D eigenvalue weighted by atomic mass is 9.79. The van der Waals surface area contributed by atoms with Gasteiger partial charge in [0.2, 0.25) is 0 Å². The molecule has 0 bridgehead atoms. The van der Waals surface area contributed by atoms with Gasteiger partial charge in [-0.3, -0.25) is 4.90 Å². The molecule has 0 radical (unpaired) electrons. The molecule has 0 aromatic carbocycles. The highest BCUT2D eigenvalue weighted by Crippen LogP contribution is 2.38. The SMILES string of the molecule is Cc1nnc(CN2CC(C)(C)[C@@](C)(O)C2)s1. The van der Waals surface area contributed by atoms with Crippen molar-refractivity contribution in [3.05, 3.63) is 10.0 Å². The number of β-amino-alcohol motifs (C(OH)–C–C–N with tert-alkyl or cyclic N) is 1. The van der Waals surface area contributed by atoms with Crippen LogP contribution >= 0.6 is 11.3 Å². The molecule has 5 heteroatoms. The molecule has 1 saturated heterocycles. The maximum absolute atomic E-state index is 10.3. The standard InChI is InChI=1S/C11H19N3OS/c1-8-12-13-9(16-8)5-14-6-10(2,3)11(4,15)7-14/h15H,5-7H2,1-4H3/t11-/m0/s1. The second-order valence-corrected chi connectivity index (χ2v) is 6.78. The number of aliphatic hydroxyl groups is 1. The molecule has 0 saturated carbocycles. The molecular formula is C11H19N3OS. The zero-order chi connectivity index (χ0) is 12.0. The summed E-state index contributed by atoms with van der Waals surface area (Å²) in [6, 6.07) is 0. The number of likely N-dealkylation sites (tertiary alicyclic amines) is 1. The molecular weight excluding hydrogens is 222 g/mol. The number of nitrogens with zero attached hydrogens (tertiary/aromatic N) is 3. The molecule has 0 aliphatic carbocycles. The first-order valence-corrected chi connectivity index (χ1v) is 6.35. The van der Waals surface area contributed by atoms with Gasteiger partial charge < -0.3 is 5.11 Å². The van der Waals surface area contributed by atoms with Crippen LogP contribution in [0.4, 0.5) is 0 Å². The fraction of sp³-hybridized carbons (Fsp3) is 0.818. The van der Waals surface area contributed by atoms with E-state index in [1.807, 2.05) is 13.8 Å². The van der Waals surface area contributed by atoms with Crippen LogP contribution in [0.25, 0.3) is 0 Å². The molecule has 90 valence electrons. The zero-order valence-electron chi connectivity index (χ0n) is 10.3. The van der Waals surface area contributed by atoms with Crippen LogP contribution in [-0.2, 0) is 6.54 Å². The van der Waals surface area contributed by atoms with Gasteiger partial charge in [0.15, 0.2) is 0 Å². The number of aryl methyl sites for hydroxylation is 1. The van der Waals surface area contributed by atoms with E-state index in [0.717, 1.165) is 23.1 Å². The number of rotatable bonds is 2. The summed E-state index contributed by atoms with van der Waals surface area (Å²) in [5.41, 5.74) is -0.681. The van der Waals surface area contributed by atoms with Gasteiger partial charge in [-0.25, -0.2) is 0 Å². The van der Waals surface area contributed by atoms with Crippen molar-refractivity contribution in [2.45, 2.75) is 39.8 Å². The Morgan fingerprint density at radius 1 is 1.31 bits per heavy atom. The van der Waals surface area contributed by atoms with E-state index in [9.17, 15) is 5.11 Å². The van der Waals surface area contributed by atoms with E-state index in [2.05, 4.69) is 28.9 Å². The Bertz CT molecular complexity index is 370. The van der Waals surface area contributed by atoms with E-state index in [1.165, 1.54) is 0 Å². The van der Waals surface area contributed by atoms with Gasteiger partial charge in [-0.1, -0.05) is 13.8 Å². The fourth-order valence-corrected chi connectivity index (χ4v) is 2.89. The van der Waals surface area contributed by atoms with Gasteiger partial charge in [0.25, 0.3) is 0 Å². The minimum Gasteiger partial charge on any atom is -0.388 e. The van der Waals surface area contributed by atoms with Crippen LogP contribution in [0.3, 0.4) is 0 Å². The smallest absolute Gasteiger partial charge is 0.131 e. The Kier molecular flexibility index (Phi) is 2.80. The third kappa shape index (κ3) is 2.12. The molecule has 0 spiro atoms. The molecule has 1 aliphatic heterocycles. The quantitative estimate of drug-likeness (QED) is 0.851. The van der Waals surface area contributed by atoms with E-state index in [4.69, 9.17) is 0 Å². The maximum atomic E-state index is 10.3. The van der Waals surface area contributed by atoms with Gasteiger partial charge in [0.05, 0.1) is 12.1 Å². The number of aromatic nitrogens is 2. The third-order valence-electron chi connectivity index (χ3n) is 3.54. The van der Waals surface area contributed by atoms with Crippen molar-refractivity contribution in [2.75, 3.05) is 13.1 Å². The molecule has 4 nitrogen and oxygen atoms in total. The number of hydrogen-bond donors (Lipinski definition) is 1. The van der Waals surface area contributed by atoms with Crippen molar-refractivity contribution in [3.63, 3.8) is 0 Å². The van der Waals surface area contributed by atoms with Gasteiger partial charge in [-0.05, 0) is 13.8 Å². The molecule has 1 N–H and O–H groups in total. The Labute approximate surface area is 100 Å². The lowest BCUT2D eigenvalue weighted by Crippen LogP contribution is -2.40. The van der Waals surface area contributed by atoms with Gasteiger partial charge >= 0.3 is 0 Å². The minimum absolute atomic E-state index is 0.0628. The molecule has 1 aromatic rings. The van der Waals surface area contributed by atoms with Gasteiger partial charge in [-0.15, -0.1) is 21.5 Å². The van der Waals surface area contributed by atoms with E-state index in [0.29, 0.717) is 6.54 Å².